The molecule has 12 bridgehead atoms. The Hall–Kier alpha value is -6.40. The maximum Gasteiger partial charge on any atom is 0.144 e. The molecule has 0 saturated heterocycles. The molecule has 0 radical (unpaired) electrons. The average molecular weight is 781 g/mol. The molecule has 60 heavy (non-hydrogen) atoms. The summed E-state index contributed by atoms with van der Waals surface area (Å²) in [5, 5.41) is 0. The maximum atomic E-state index is 6.82. The van der Waals surface area contributed by atoms with Gasteiger partial charge < -0.3 is 18.9 Å². The van der Waals surface area contributed by atoms with Crippen molar-refractivity contribution in [2.24, 2.45) is 0 Å². The molecule has 0 aliphatic heterocycles. The summed E-state index contributed by atoms with van der Waals surface area (Å²) in [5.41, 5.74) is 13.4. The molecule has 4 nitrogen and oxygen atoms in total. The number of hydrogen-bond acceptors (Lipinski definition) is 4. The van der Waals surface area contributed by atoms with Gasteiger partial charge in [0.05, 0.1) is 0 Å². The molecule has 0 aromatic heterocycles. The number of ether oxygens (including phenoxy) is 4. The summed E-state index contributed by atoms with van der Waals surface area (Å²) in [7, 11) is 7.27. The van der Waals surface area contributed by atoms with Crippen LogP contribution in [0.25, 0.3) is 22.3 Å². The standard InChI is InChI=1S/C56H44O4/c1-57-53-41-29-21-37(22-30-41)38-25-33-43(34-26-38)55(59-3)49-17-9-11-19-51(49)56(60-4,52-20-12-10-18-50(52)55)44-35-27-40(28-36-44)39-23-31-42(32-24-39)54(58-2,47-15-7-5-13-45(47)53)48-16-8-6-14-46(48)53/h5-36H,1-4H3. The molecular weight excluding hydrogens is 737 g/mol. The van der Waals surface area contributed by atoms with Crippen LogP contribution >= 0.6 is 0 Å². The number of rotatable bonds is 4. The van der Waals surface area contributed by atoms with Crippen LogP contribution in [-0.2, 0) is 41.4 Å². The van der Waals surface area contributed by atoms with E-state index in [9.17, 15) is 0 Å². The third-order valence-corrected chi connectivity index (χ3v) is 13.8. The summed E-state index contributed by atoms with van der Waals surface area (Å²) in [6, 6.07) is 69.7. The lowest BCUT2D eigenvalue weighted by atomic mass is 9.63. The van der Waals surface area contributed by atoms with Gasteiger partial charge in [-0.1, -0.05) is 194 Å². The molecule has 8 aromatic carbocycles. The molecule has 9 aliphatic rings. The Morgan fingerprint density at radius 2 is 0.367 bits per heavy atom. The molecule has 9 aliphatic carbocycles. The fourth-order valence-corrected chi connectivity index (χ4v) is 11.2. The van der Waals surface area contributed by atoms with Gasteiger partial charge in [-0.2, -0.15) is 0 Å². The number of benzene rings is 8. The van der Waals surface area contributed by atoms with E-state index in [0.29, 0.717) is 0 Å². The Labute approximate surface area is 351 Å². The van der Waals surface area contributed by atoms with Crippen molar-refractivity contribution in [3.05, 3.63) is 261 Å². The van der Waals surface area contributed by atoms with Crippen molar-refractivity contribution in [2.45, 2.75) is 22.4 Å². The van der Waals surface area contributed by atoms with Crippen LogP contribution in [0.3, 0.4) is 0 Å². The summed E-state index contributed by atoms with van der Waals surface area (Å²) in [6.07, 6.45) is 0. The SMILES string of the molecule is COC12c3ccc(cc3)-c3ccc(cc3)C3(OC)c4ccccc4C(OC)(c4ccc(cc4)-c4ccc(cc4)C(OC)(c4ccccc41)c1ccccc12)c1ccccc13. The normalized spacial score (nSPS) is 22.9. The second kappa shape index (κ2) is 13.6. The Balaban J connectivity index is 1.20. The second-order valence-corrected chi connectivity index (χ2v) is 16.0. The minimum absolute atomic E-state index is 0.892. The van der Waals surface area contributed by atoms with Crippen molar-refractivity contribution in [2.75, 3.05) is 28.4 Å². The predicted octanol–water partition coefficient (Wildman–Crippen LogP) is 11.7. The summed E-state index contributed by atoms with van der Waals surface area (Å²) < 4.78 is 27.3. The van der Waals surface area contributed by atoms with E-state index < -0.39 is 22.4 Å². The number of hydrogen-bond donors (Lipinski definition) is 0. The quantitative estimate of drug-likeness (QED) is 0.178. The van der Waals surface area contributed by atoms with Crippen LogP contribution in [0.5, 0.6) is 0 Å². The van der Waals surface area contributed by atoms with Crippen LogP contribution in [0.15, 0.2) is 194 Å². The topological polar surface area (TPSA) is 36.9 Å². The van der Waals surface area contributed by atoms with Gasteiger partial charge in [0.15, 0.2) is 0 Å². The Bertz CT molecular complexity index is 2410. The Kier molecular flexibility index (Phi) is 8.29. The summed E-state index contributed by atoms with van der Waals surface area (Å²) in [5.74, 6) is 0. The summed E-state index contributed by atoms with van der Waals surface area (Å²) in [6.45, 7) is 0. The Morgan fingerprint density at radius 3 is 0.500 bits per heavy atom. The minimum atomic E-state index is -0.892. The first kappa shape index (κ1) is 36.7. The predicted molar refractivity (Wildman–Crippen MR) is 237 cm³/mol. The lowest BCUT2D eigenvalue weighted by molar-refractivity contribution is 0.0167. The van der Waals surface area contributed by atoms with Crippen molar-refractivity contribution < 1.29 is 18.9 Å². The van der Waals surface area contributed by atoms with Crippen molar-refractivity contribution in [1.29, 1.82) is 0 Å². The Morgan fingerprint density at radius 1 is 0.217 bits per heavy atom. The zero-order valence-electron chi connectivity index (χ0n) is 34.1. The minimum Gasteiger partial charge on any atom is -0.364 e. The van der Waals surface area contributed by atoms with Crippen LogP contribution in [-0.4, -0.2) is 28.4 Å². The third-order valence-electron chi connectivity index (χ3n) is 13.8. The van der Waals surface area contributed by atoms with Crippen LogP contribution in [0.4, 0.5) is 0 Å². The van der Waals surface area contributed by atoms with E-state index in [1.165, 1.54) is 0 Å². The van der Waals surface area contributed by atoms with Gasteiger partial charge in [-0.25, -0.2) is 0 Å². The van der Waals surface area contributed by atoms with E-state index >= 15 is 0 Å². The summed E-state index contributed by atoms with van der Waals surface area (Å²) >= 11 is 0. The molecule has 0 saturated carbocycles. The van der Waals surface area contributed by atoms with Crippen LogP contribution in [0.1, 0.15) is 66.8 Å². The highest BCUT2D eigenvalue weighted by Crippen LogP contribution is 2.58. The molecule has 0 N–H and O–H groups in total. The highest BCUT2D eigenvalue weighted by atomic mass is 16.5. The van der Waals surface area contributed by atoms with Gasteiger partial charge in [-0.3, -0.25) is 0 Å². The monoisotopic (exact) mass is 780 g/mol. The van der Waals surface area contributed by atoms with E-state index in [0.717, 1.165) is 89.0 Å². The molecule has 8 aromatic rings. The van der Waals surface area contributed by atoms with Crippen molar-refractivity contribution in [3.8, 4) is 22.3 Å². The van der Waals surface area contributed by atoms with E-state index in [4.69, 9.17) is 18.9 Å². The maximum absolute atomic E-state index is 6.82. The molecule has 4 heteroatoms. The first-order valence-corrected chi connectivity index (χ1v) is 20.5. The van der Waals surface area contributed by atoms with Gasteiger partial charge in [-0.15, -0.1) is 0 Å². The lowest BCUT2D eigenvalue weighted by Crippen LogP contribution is -2.46. The molecule has 17 rings (SSSR count). The van der Waals surface area contributed by atoms with E-state index in [1.54, 1.807) is 0 Å². The van der Waals surface area contributed by atoms with E-state index in [2.05, 4.69) is 194 Å². The average Bonchev–Trinajstić information content (AvgIpc) is 3.33. The fraction of sp³-hybridized carbons (Fsp3) is 0.143. The van der Waals surface area contributed by atoms with Crippen molar-refractivity contribution in [1.82, 2.24) is 0 Å². The van der Waals surface area contributed by atoms with Crippen molar-refractivity contribution >= 4 is 0 Å². The van der Waals surface area contributed by atoms with Crippen LogP contribution in [0, 0.1) is 0 Å². The first-order valence-electron chi connectivity index (χ1n) is 20.5. The smallest absolute Gasteiger partial charge is 0.144 e. The molecule has 292 valence electrons. The molecular formula is C56H44O4. The number of methoxy groups -OCH3 is 4. The molecule has 0 spiro atoms. The highest BCUT2D eigenvalue weighted by molar-refractivity contribution is 5.73. The molecule has 0 fully saturated rings. The van der Waals surface area contributed by atoms with Gasteiger partial charge in [0.1, 0.15) is 22.4 Å². The zero-order valence-corrected chi connectivity index (χ0v) is 34.1. The second-order valence-electron chi connectivity index (χ2n) is 16.0. The van der Waals surface area contributed by atoms with Gasteiger partial charge in [0, 0.05) is 28.4 Å². The molecule has 0 heterocycles. The van der Waals surface area contributed by atoms with Gasteiger partial charge >= 0.3 is 0 Å². The van der Waals surface area contributed by atoms with Crippen molar-refractivity contribution in [3.63, 3.8) is 0 Å². The highest BCUT2D eigenvalue weighted by Gasteiger charge is 2.54. The molecule has 0 atom stereocenters. The molecule has 0 amide bonds. The fourth-order valence-electron chi connectivity index (χ4n) is 11.2. The van der Waals surface area contributed by atoms with Gasteiger partial charge in [0.25, 0.3) is 0 Å². The third kappa shape index (κ3) is 4.59. The van der Waals surface area contributed by atoms with E-state index in [-0.39, 0.29) is 0 Å². The number of fused-ring (bicyclic) bond motifs is 2. The van der Waals surface area contributed by atoms with Crippen LogP contribution < -0.4 is 0 Å². The van der Waals surface area contributed by atoms with Gasteiger partial charge in [-0.05, 0) is 89.0 Å². The first-order chi connectivity index (χ1) is 29.5. The molecule has 0 unspecified atom stereocenters. The zero-order chi connectivity index (χ0) is 40.7. The van der Waals surface area contributed by atoms with Gasteiger partial charge in [0.2, 0.25) is 0 Å². The summed E-state index contributed by atoms with van der Waals surface area (Å²) in [4.78, 5) is 0. The van der Waals surface area contributed by atoms with Crippen LogP contribution in [0.2, 0.25) is 0 Å². The lowest BCUT2D eigenvalue weighted by Gasteiger charge is -2.48. The van der Waals surface area contributed by atoms with E-state index in [1.807, 2.05) is 28.4 Å². The largest absolute Gasteiger partial charge is 0.364 e.